The standard InChI is InChI=1S/C19H27F3N4O2/c1-13(2)5-9-25-11-18(7-4-16(25)27)6-3-8-26(12-18)17(28)14-10-15(24-23-14)19(20,21)22/h10,13H,3-9,11-12H2,1-2H3,(H,23,24). The molecule has 0 radical (unpaired) electrons. The summed E-state index contributed by atoms with van der Waals surface area (Å²) >= 11 is 0. The molecule has 3 heterocycles. The zero-order valence-electron chi connectivity index (χ0n) is 16.3. The van der Waals surface area contributed by atoms with Crippen LogP contribution in [0.25, 0.3) is 0 Å². The fraction of sp³-hybridized carbons (Fsp3) is 0.737. The first-order valence-electron chi connectivity index (χ1n) is 9.79. The number of H-pyrrole nitrogens is 1. The number of aromatic amines is 1. The Morgan fingerprint density at radius 2 is 2.07 bits per heavy atom. The molecule has 0 bridgehead atoms. The van der Waals surface area contributed by atoms with E-state index < -0.39 is 17.8 Å². The first kappa shape index (κ1) is 20.7. The van der Waals surface area contributed by atoms with Crippen molar-refractivity contribution in [3.8, 4) is 0 Å². The van der Waals surface area contributed by atoms with Crippen molar-refractivity contribution < 1.29 is 22.8 Å². The third-order valence-corrected chi connectivity index (χ3v) is 5.78. The fourth-order valence-electron chi connectivity index (χ4n) is 4.17. The van der Waals surface area contributed by atoms with Gasteiger partial charge in [0, 0.05) is 44.1 Å². The Balaban J connectivity index is 1.69. The fourth-order valence-corrected chi connectivity index (χ4v) is 4.17. The quantitative estimate of drug-likeness (QED) is 0.843. The van der Waals surface area contributed by atoms with Gasteiger partial charge in [-0.3, -0.25) is 14.7 Å². The number of halogens is 3. The van der Waals surface area contributed by atoms with E-state index in [0.29, 0.717) is 44.9 Å². The molecule has 1 N–H and O–H groups in total. The number of carbonyl (C=O) groups excluding carboxylic acids is 2. The summed E-state index contributed by atoms with van der Waals surface area (Å²) in [6.07, 6.45) is -0.777. The van der Waals surface area contributed by atoms with Crippen LogP contribution in [0, 0.1) is 11.3 Å². The summed E-state index contributed by atoms with van der Waals surface area (Å²) < 4.78 is 38.3. The highest BCUT2D eigenvalue weighted by molar-refractivity contribution is 5.92. The molecular formula is C19H27F3N4O2. The van der Waals surface area contributed by atoms with E-state index >= 15 is 0 Å². The lowest BCUT2D eigenvalue weighted by Crippen LogP contribution is -2.55. The second-order valence-corrected chi connectivity index (χ2v) is 8.49. The maximum Gasteiger partial charge on any atom is 0.432 e. The molecule has 156 valence electrons. The Hall–Kier alpha value is -2.06. The van der Waals surface area contributed by atoms with Gasteiger partial charge in [-0.25, -0.2) is 0 Å². The molecule has 2 aliphatic rings. The number of carbonyl (C=O) groups is 2. The average Bonchev–Trinajstić information content (AvgIpc) is 3.13. The van der Waals surface area contributed by atoms with E-state index in [0.717, 1.165) is 25.3 Å². The average molecular weight is 400 g/mol. The summed E-state index contributed by atoms with van der Waals surface area (Å²) in [5.41, 5.74) is -1.42. The second kappa shape index (κ2) is 7.75. The summed E-state index contributed by atoms with van der Waals surface area (Å²) in [6.45, 7) is 6.49. The van der Waals surface area contributed by atoms with E-state index in [1.54, 1.807) is 4.90 Å². The lowest BCUT2D eigenvalue weighted by Gasteiger charge is -2.48. The Morgan fingerprint density at radius 1 is 1.32 bits per heavy atom. The van der Waals surface area contributed by atoms with Crippen molar-refractivity contribution in [3.63, 3.8) is 0 Å². The van der Waals surface area contributed by atoms with Gasteiger partial charge in [0.05, 0.1) is 0 Å². The van der Waals surface area contributed by atoms with E-state index in [1.807, 2.05) is 10.00 Å². The molecule has 1 spiro atoms. The molecule has 28 heavy (non-hydrogen) atoms. The van der Waals surface area contributed by atoms with Crippen molar-refractivity contribution in [2.45, 2.75) is 52.1 Å². The minimum Gasteiger partial charge on any atom is -0.342 e. The van der Waals surface area contributed by atoms with Gasteiger partial charge in [-0.05, 0) is 31.6 Å². The minimum absolute atomic E-state index is 0.150. The molecule has 3 rings (SSSR count). The monoisotopic (exact) mass is 400 g/mol. The van der Waals surface area contributed by atoms with Gasteiger partial charge in [0.25, 0.3) is 5.91 Å². The van der Waals surface area contributed by atoms with Gasteiger partial charge in [-0.1, -0.05) is 13.8 Å². The Morgan fingerprint density at radius 3 is 2.71 bits per heavy atom. The molecule has 6 nitrogen and oxygen atoms in total. The Labute approximate surface area is 162 Å². The minimum atomic E-state index is -4.56. The van der Waals surface area contributed by atoms with Crippen LogP contribution in [-0.4, -0.2) is 58.0 Å². The number of piperidine rings is 2. The number of nitrogens with one attached hydrogen (secondary N) is 1. The van der Waals surface area contributed by atoms with Crippen LogP contribution in [0.3, 0.4) is 0 Å². The largest absolute Gasteiger partial charge is 0.432 e. The smallest absolute Gasteiger partial charge is 0.342 e. The van der Waals surface area contributed by atoms with Crippen LogP contribution >= 0.6 is 0 Å². The topological polar surface area (TPSA) is 69.3 Å². The molecular weight excluding hydrogens is 373 g/mol. The summed E-state index contributed by atoms with van der Waals surface area (Å²) in [7, 11) is 0. The predicted molar refractivity (Wildman–Crippen MR) is 96.4 cm³/mol. The highest BCUT2D eigenvalue weighted by atomic mass is 19.4. The van der Waals surface area contributed by atoms with Gasteiger partial charge >= 0.3 is 6.18 Å². The summed E-state index contributed by atoms with van der Waals surface area (Å²) in [4.78, 5) is 28.5. The number of aromatic nitrogens is 2. The molecule has 0 aliphatic carbocycles. The van der Waals surface area contributed by atoms with E-state index in [4.69, 9.17) is 0 Å². The number of amides is 2. The van der Waals surface area contributed by atoms with Gasteiger partial charge < -0.3 is 9.80 Å². The Bertz CT molecular complexity index is 731. The van der Waals surface area contributed by atoms with Crippen LogP contribution in [0.5, 0.6) is 0 Å². The zero-order chi connectivity index (χ0) is 20.5. The lowest BCUT2D eigenvalue weighted by molar-refractivity contribution is -0.141. The molecule has 9 heteroatoms. The van der Waals surface area contributed by atoms with Crippen molar-refractivity contribution >= 4 is 11.8 Å². The predicted octanol–water partition coefficient (Wildman–Crippen LogP) is 3.32. The van der Waals surface area contributed by atoms with Crippen LogP contribution in [0.4, 0.5) is 13.2 Å². The number of likely N-dealkylation sites (tertiary alicyclic amines) is 2. The molecule has 2 fully saturated rings. The summed E-state index contributed by atoms with van der Waals surface area (Å²) in [6, 6.07) is 0.767. The van der Waals surface area contributed by atoms with Gasteiger partial charge in [0.1, 0.15) is 5.69 Å². The van der Waals surface area contributed by atoms with Crippen LogP contribution in [0.1, 0.15) is 62.1 Å². The van der Waals surface area contributed by atoms with E-state index in [-0.39, 0.29) is 17.0 Å². The molecule has 0 saturated carbocycles. The summed E-state index contributed by atoms with van der Waals surface area (Å²) in [5.74, 6) is 0.158. The summed E-state index contributed by atoms with van der Waals surface area (Å²) in [5, 5.41) is 5.47. The maximum absolute atomic E-state index is 12.8. The van der Waals surface area contributed by atoms with Crippen molar-refractivity contribution in [2.24, 2.45) is 11.3 Å². The first-order chi connectivity index (χ1) is 13.1. The molecule has 2 saturated heterocycles. The normalized spacial score (nSPS) is 23.7. The number of rotatable bonds is 4. The van der Waals surface area contributed by atoms with Gasteiger partial charge in [0.15, 0.2) is 5.69 Å². The maximum atomic E-state index is 12.8. The molecule has 1 aromatic heterocycles. The number of nitrogens with zero attached hydrogens (tertiary/aromatic N) is 3. The van der Waals surface area contributed by atoms with Crippen LogP contribution in [0.2, 0.25) is 0 Å². The van der Waals surface area contributed by atoms with Gasteiger partial charge in [-0.15, -0.1) is 0 Å². The van der Waals surface area contributed by atoms with Crippen molar-refractivity contribution in [3.05, 3.63) is 17.5 Å². The molecule has 0 aromatic carbocycles. The van der Waals surface area contributed by atoms with Crippen LogP contribution in [-0.2, 0) is 11.0 Å². The van der Waals surface area contributed by atoms with Crippen LogP contribution in [0.15, 0.2) is 6.07 Å². The highest BCUT2D eigenvalue weighted by Gasteiger charge is 2.43. The van der Waals surface area contributed by atoms with Crippen molar-refractivity contribution in [1.82, 2.24) is 20.0 Å². The van der Waals surface area contributed by atoms with Crippen LogP contribution < -0.4 is 0 Å². The molecule has 1 aromatic rings. The molecule has 1 unspecified atom stereocenters. The van der Waals surface area contributed by atoms with Gasteiger partial charge in [-0.2, -0.15) is 18.3 Å². The Kier molecular flexibility index (Phi) is 5.72. The zero-order valence-corrected chi connectivity index (χ0v) is 16.3. The number of hydrogen-bond donors (Lipinski definition) is 1. The molecule has 2 amide bonds. The third kappa shape index (κ3) is 4.50. The van der Waals surface area contributed by atoms with Gasteiger partial charge in [0.2, 0.25) is 5.91 Å². The molecule has 2 aliphatic heterocycles. The molecule has 1 atom stereocenters. The lowest BCUT2D eigenvalue weighted by atomic mass is 9.73. The van der Waals surface area contributed by atoms with E-state index in [9.17, 15) is 22.8 Å². The van der Waals surface area contributed by atoms with E-state index in [1.165, 1.54) is 0 Å². The van der Waals surface area contributed by atoms with Crippen molar-refractivity contribution in [2.75, 3.05) is 26.2 Å². The number of alkyl halides is 3. The second-order valence-electron chi connectivity index (χ2n) is 8.49. The first-order valence-corrected chi connectivity index (χ1v) is 9.79. The van der Waals surface area contributed by atoms with Crippen molar-refractivity contribution in [1.29, 1.82) is 0 Å². The highest BCUT2D eigenvalue weighted by Crippen LogP contribution is 2.39. The number of hydrogen-bond acceptors (Lipinski definition) is 3. The SMILES string of the molecule is CC(C)CCN1CC2(CCCN(C(=O)c3cc(C(F)(F)F)[nH]n3)C2)CCC1=O. The third-order valence-electron chi connectivity index (χ3n) is 5.78. The van der Waals surface area contributed by atoms with E-state index in [2.05, 4.69) is 18.9 Å².